The number of alkyl halides is 3. The van der Waals surface area contributed by atoms with Gasteiger partial charge in [0.25, 0.3) is 5.56 Å². The van der Waals surface area contributed by atoms with Crippen molar-refractivity contribution >= 4 is 11.8 Å². The van der Waals surface area contributed by atoms with Gasteiger partial charge in [0.1, 0.15) is 6.54 Å². The zero-order chi connectivity index (χ0) is 20.2. The minimum absolute atomic E-state index is 0.0706. The van der Waals surface area contributed by atoms with Crippen molar-refractivity contribution in [3.8, 4) is 0 Å². The van der Waals surface area contributed by atoms with Crippen LogP contribution < -0.4 is 5.56 Å². The molecule has 1 fully saturated rings. The van der Waals surface area contributed by atoms with Gasteiger partial charge >= 0.3 is 6.18 Å². The number of hydrogen-bond donors (Lipinski definition) is 0. The number of piperidine rings is 1. The van der Waals surface area contributed by atoms with E-state index < -0.39 is 29.8 Å². The number of likely N-dealkylation sites (tertiary alicyclic amines) is 1. The average molecular weight is 387 g/mol. The Labute approximate surface area is 155 Å². The van der Waals surface area contributed by atoms with Crippen LogP contribution in [-0.2, 0) is 22.3 Å². The Morgan fingerprint density at radius 1 is 1.15 bits per heavy atom. The van der Waals surface area contributed by atoms with Crippen LogP contribution >= 0.6 is 0 Å². The molecule has 9 heteroatoms. The highest BCUT2D eigenvalue weighted by atomic mass is 19.4. The first kappa shape index (κ1) is 21.0. The number of rotatable bonds is 5. The first-order valence-corrected chi connectivity index (χ1v) is 9.01. The molecule has 27 heavy (non-hydrogen) atoms. The Morgan fingerprint density at radius 3 is 2.26 bits per heavy atom. The van der Waals surface area contributed by atoms with Crippen molar-refractivity contribution in [2.45, 2.75) is 39.4 Å². The first-order valence-electron chi connectivity index (χ1n) is 9.01. The summed E-state index contributed by atoms with van der Waals surface area (Å²) in [5.74, 6) is -0.503. The smallest absolute Gasteiger partial charge is 0.343 e. The molecule has 0 aromatic carbocycles. The highest BCUT2D eigenvalue weighted by Gasteiger charge is 2.32. The zero-order valence-electron chi connectivity index (χ0n) is 15.5. The highest BCUT2D eigenvalue weighted by molar-refractivity contribution is 5.80. The second-order valence-corrected chi connectivity index (χ2v) is 6.55. The molecule has 2 rings (SSSR count). The molecule has 0 spiro atoms. The molecule has 0 N–H and O–H groups in total. The molecule has 2 amide bonds. The zero-order valence-corrected chi connectivity index (χ0v) is 15.5. The molecule has 0 atom stereocenters. The largest absolute Gasteiger partial charge is 0.417 e. The molecule has 6 nitrogen and oxygen atoms in total. The minimum atomic E-state index is -4.58. The van der Waals surface area contributed by atoms with E-state index >= 15 is 0 Å². The topological polar surface area (TPSA) is 62.6 Å². The van der Waals surface area contributed by atoms with E-state index in [0.717, 1.165) is 10.6 Å². The molecule has 0 saturated carbocycles. The van der Waals surface area contributed by atoms with Crippen molar-refractivity contribution in [1.82, 2.24) is 14.4 Å². The normalized spacial score (nSPS) is 15.7. The predicted molar refractivity (Wildman–Crippen MR) is 92.9 cm³/mol. The summed E-state index contributed by atoms with van der Waals surface area (Å²) in [5.41, 5.74) is -1.64. The maximum atomic E-state index is 12.8. The number of carbonyl (C=O) groups excluding carboxylic acids is 2. The number of hydrogen-bond acceptors (Lipinski definition) is 3. The van der Waals surface area contributed by atoms with Gasteiger partial charge in [-0.05, 0) is 32.8 Å². The molecule has 1 aliphatic rings. The van der Waals surface area contributed by atoms with Crippen molar-refractivity contribution in [1.29, 1.82) is 0 Å². The van der Waals surface area contributed by atoms with Gasteiger partial charge in [0.05, 0.1) is 5.56 Å². The lowest BCUT2D eigenvalue weighted by atomic mass is 9.95. The standard InChI is InChI=1S/C18H24F3N3O3/c1-3-22(4-2)17(27)13-7-9-23(10-8-13)16(26)12-24-11-14(18(19,20)21)5-6-15(24)25/h5-6,11,13H,3-4,7-10,12H2,1-2H3. The van der Waals surface area contributed by atoms with E-state index in [1.54, 1.807) is 4.90 Å². The fraction of sp³-hybridized carbons (Fsp3) is 0.611. The van der Waals surface area contributed by atoms with Crippen molar-refractivity contribution < 1.29 is 22.8 Å². The van der Waals surface area contributed by atoms with E-state index in [2.05, 4.69) is 0 Å². The van der Waals surface area contributed by atoms with Gasteiger partial charge in [-0.25, -0.2) is 0 Å². The van der Waals surface area contributed by atoms with Gasteiger partial charge in [-0.3, -0.25) is 14.4 Å². The molecule has 0 bridgehead atoms. The summed E-state index contributed by atoms with van der Waals surface area (Å²) in [7, 11) is 0. The summed E-state index contributed by atoms with van der Waals surface area (Å²) in [4.78, 5) is 39.8. The monoisotopic (exact) mass is 387 g/mol. The van der Waals surface area contributed by atoms with Crippen LogP contribution in [0.25, 0.3) is 0 Å². The van der Waals surface area contributed by atoms with Crippen LogP contribution in [0.5, 0.6) is 0 Å². The second kappa shape index (κ2) is 8.58. The maximum absolute atomic E-state index is 12.8. The average Bonchev–Trinajstić information content (AvgIpc) is 2.63. The third kappa shape index (κ3) is 5.11. The lowest BCUT2D eigenvalue weighted by Crippen LogP contribution is -2.45. The fourth-order valence-electron chi connectivity index (χ4n) is 3.24. The Morgan fingerprint density at radius 2 is 1.74 bits per heavy atom. The Kier molecular flexibility index (Phi) is 6.67. The lowest BCUT2D eigenvalue weighted by molar-refractivity contribution is -0.141. The second-order valence-electron chi connectivity index (χ2n) is 6.55. The van der Waals surface area contributed by atoms with Crippen LogP contribution in [0.3, 0.4) is 0 Å². The molecule has 1 aromatic heterocycles. The maximum Gasteiger partial charge on any atom is 0.417 e. The van der Waals surface area contributed by atoms with Gasteiger partial charge in [-0.15, -0.1) is 0 Å². The number of nitrogens with zero attached hydrogens (tertiary/aromatic N) is 3. The molecule has 150 valence electrons. The van der Waals surface area contributed by atoms with Gasteiger partial charge < -0.3 is 14.4 Å². The van der Waals surface area contributed by atoms with Crippen LogP contribution in [0, 0.1) is 5.92 Å². The number of aromatic nitrogens is 1. The van der Waals surface area contributed by atoms with Crippen LogP contribution in [0.1, 0.15) is 32.3 Å². The quantitative estimate of drug-likeness (QED) is 0.776. The molecule has 1 aromatic rings. The first-order chi connectivity index (χ1) is 12.7. The summed E-state index contributed by atoms with van der Waals surface area (Å²) in [6.07, 6.45) is -2.89. The lowest BCUT2D eigenvalue weighted by Gasteiger charge is -2.33. The van der Waals surface area contributed by atoms with Crippen LogP contribution in [0.15, 0.2) is 23.1 Å². The van der Waals surface area contributed by atoms with E-state index in [1.807, 2.05) is 13.8 Å². The molecule has 1 saturated heterocycles. The third-order valence-corrected chi connectivity index (χ3v) is 4.89. The van der Waals surface area contributed by atoms with Crippen molar-refractivity contribution in [2.24, 2.45) is 5.92 Å². The SMILES string of the molecule is CCN(CC)C(=O)C1CCN(C(=O)Cn2cc(C(F)(F)F)ccc2=O)CC1. The Bertz CT molecular complexity index is 733. The summed E-state index contributed by atoms with van der Waals surface area (Å²) >= 11 is 0. The molecular weight excluding hydrogens is 363 g/mol. The van der Waals surface area contributed by atoms with E-state index in [9.17, 15) is 27.6 Å². The van der Waals surface area contributed by atoms with E-state index in [1.165, 1.54) is 4.90 Å². The summed E-state index contributed by atoms with van der Waals surface area (Å²) < 4.78 is 39.1. The fourth-order valence-corrected chi connectivity index (χ4v) is 3.24. The number of pyridine rings is 1. The van der Waals surface area contributed by atoms with E-state index in [0.29, 0.717) is 51.3 Å². The van der Waals surface area contributed by atoms with Crippen LogP contribution in [0.2, 0.25) is 0 Å². The van der Waals surface area contributed by atoms with Crippen molar-refractivity contribution in [3.05, 3.63) is 34.2 Å². The Hall–Kier alpha value is -2.32. The molecule has 0 radical (unpaired) electrons. The minimum Gasteiger partial charge on any atom is -0.343 e. The van der Waals surface area contributed by atoms with Crippen LogP contribution in [-0.4, -0.2) is 52.4 Å². The van der Waals surface area contributed by atoms with Crippen LogP contribution in [0.4, 0.5) is 13.2 Å². The summed E-state index contributed by atoms with van der Waals surface area (Å²) in [5, 5.41) is 0. The predicted octanol–water partition coefficient (Wildman–Crippen LogP) is 1.97. The summed E-state index contributed by atoms with van der Waals surface area (Å²) in [6, 6.07) is 1.51. The molecule has 0 unspecified atom stereocenters. The van der Waals surface area contributed by atoms with Gasteiger partial charge in [-0.2, -0.15) is 13.2 Å². The van der Waals surface area contributed by atoms with E-state index in [-0.39, 0.29) is 11.8 Å². The number of carbonyl (C=O) groups is 2. The highest BCUT2D eigenvalue weighted by Crippen LogP contribution is 2.28. The van der Waals surface area contributed by atoms with Gasteiger partial charge in [0.2, 0.25) is 11.8 Å². The molecule has 1 aliphatic heterocycles. The van der Waals surface area contributed by atoms with Gasteiger partial charge in [0, 0.05) is 44.4 Å². The molecule has 0 aliphatic carbocycles. The van der Waals surface area contributed by atoms with E-state index in [4.69, 9.17) is 0 Å². The number of halogens is 3. The molecular formula is C18H24F3N3O3. The third-order valence-electron chi connectivity index (χ3n) is 4.89. The van der Waals surface area contributed by atoms with Crippen molar-refractivity contribution in [2.75, 3.05) is 26.2 Å². The van der Waals surface area contributed by atoms with Gasteiger partial charge in [-0.1, -0.05) is 0 Å². The van der Waals surface area contributed by atoms with Crippen molar-refractivity contribution in [3.63, 3.8) is 0 Å². The van der Waals surface area contributed by atoms with Gasteiger partial charge in [0.15, 0.2) is 0 Å². The molecule has 2 heterocycles. The Balaban J connectivity index is 1.99. The number of amides is 2. The summed E-state index contributed by atoms with van der Waals surface area (Å²) in [6.45, 7) is 5.34.